The van der Waals surface area contributed by atoms with Gasteiger partial charge in [-0.1, -0.05) is 30.3 Å². The summed E-state index contributed by atoms with van der Waals surface area (Å²) in [6.07, 6.45) is 0.553. The summed E-state index contributed by atoms with van der Waals surface area (Å²) < 4.78 is 5.88. The topological polar surface area (TPSA) is 115 Å². The molecule has 4 aromatic rings. The van der Waals surface area contributed by atoms with Crippen LogP contribution in [0.2, 0.25) is 0 Å². The minimum atomic E-state index is -0.825. The number of carboxylic acids is 1. The highest BCUT2D eigenvalue weighted by molar-refractivity contribution is 6.06. The Hall–Kier alpha value is -4.39. The Balaban J connectivity index is 1.45. The van der Waals surface area contributed by atoms with E-state index in [9.17, 15) is 9.59 Å². The van der Waals surface area contributed by atoms with Crippen LogP contribution in [0.4, 0.5) is 11.4 Å². The molecule has 0 spiro atoms. The highest BCUT2D eigenvalue weighted by Gasteiger charge is 2.13. The number of pyridine rings is 1. The number of carboxylic acid groups (broad SMARTS) is 1. The molecule has 0 saturated heterocycles. The first-order valence-corrected chi connectivity index (χ1v) is 10.9. The molecule has 0 saturated carbocycles. The quantitative estimate of drug-likeness (QED) is 0.345. The number of carbonyl (C=O) groups is 2. The lowest BCUT2D eigenvalue weighted by molar-refractivity contribution is -0.136. The zero-order chi connectivity index (χ0) is 24.1. The van der Waals surface area contributed by atoms with Crippen LogP contribution in [0.3, 0.4) is 0 Å². The van der Waals surface area contributed by atoms with Gasteiger partial charge in [0.15, 0.2) is 0 Å². The number of amides is 1. The summed E-state index contributed by atoms with van der Waals surface area (Å²) in [5, 5.41) is 12.5. The van der Waals surface area contributed by atoms with Gasteiger partial charge in [0.1, 0.15) is 12.4 Å². The van der Waals surface area contributed by atoms with Crippen LogP contribution in [-0.2, 0) is 17.8 Å². The molecule has 0 bridgehead atoms. The van der Waals surface area contributed by atoms with Gasteiger partial charge >= 0.3 is 5.97 Å². The number of aryl methyl sites for hydroxylation is 2. The molecule has 7 nitrogen and oxygen atoms in total. The number of nitrogens with one attached hydrogen (secondary N) is 1. The Kier molecular flexibility index (Phi) is 6.73. The molecule has 0 atom stereocenters. The molecule has 0 radical (unpaired) electrons. The first kappa shape index (κ1) is 22.8. The van der Waals surface area contributed by atoms with E-state index in [0.29, 0.717) is 29.1 Å². The summed E-state index contributed by atoms with van der Waals surface area (Å²) in [6, 6.07) is 21.8. The molecule has 0 aliphatic carbocycles. The first-order chi connectivity index (χ1) is 16.4. The molecule has 0 aliphatic rings. The van der Waals surface area contributed by atoms with Crippen molar-refractivity contribution in [1.82, 2.24) is 4.98 Å². The Morgan fingerprint density at radius 3 is 2.56 bits per heavy atom. The van der Waals surface area contributed by atoms with E-state index >= 15 is 0 Å². The van der Waals surface area contributed by atoms with Crippen molar-refractivity contribution in [2.45, 2.75) is 26.4 Å². The number of fused-ring (bicyclic) bond motifs is 1. The Labute approximate surface area is 197 Å². The van der Waals surface area contributed by atoms with Gasteiger partial charge in [0.2, 0.25) is 0 Å². The van der Waals surface area contributed by atoms with Gasteiger partial charge in [-0.2, -0.15) is 0 Å². The summed E-state index contributed by atoms with van der Waals surface area (Å²) >= 11 is 0. The van der Waals surface area contributed by atoms with Crippen molar-refractivity contribution in [2.24, 2.45) is 0 Å². The van der Waals surface area contributed by atoms with Crippen molar-refractivity contribution in [1.29, 1.82) is 0 Å². The van der Waals surface area contributed by atoms with E-state index in [1.54, 1.807) is 36.4 Å². The van der Waals surface area contributed by atoms with Gasteiger partial charge < -0.3 is 20.9 Å². The molecule has 3 aromatic carbocycles. The van der Waals surface area contributed by atoms with Gasteiger partial charge in [0.25, 0.3) is 5.91 Å². The number of nitrogens with two attached hydrogens (primary N) is 1. The second-order valence-electron chi connectivity index (χ2n) is 8.02. The SMILES string of the molecule is Cc1cc(N)c2cc(NC(=O)c3ccccc3COc3ccc(CCC(=O)O)cc3)ccc2n1. The van der Waals surface area contributed by atoms with Crippen molar-refractivity contribution in [2.75, 3.05) is 11.1 Å². The summed E-state index contributed by atoms with van der Waals surface area (Å²) in [4.78, 5) is 28.2. The van der Waals surface area contributed by atoms with Crippen LogP contribution < -0.4 is 15.8 Å². The van der Waals surface area contributed by atoms with Crippen molar-refractivity contribution in [3.63, 3.8) is 0 Å². The number of rotatable bonds is 8. The van der Waals surface area contributed by atoms with E-state index in [1.165, 1.54) is 0 Å². The molecular weight excluding hydrogens is 430 g/mol. The molecule has 0 fully saturated rings. The number of carbonyl (C=O) groups excluding carboxylic acids is 1. The third-order valence-corrected chi connectivity index (χ3v) is 5.43. The van der Waals surface area contributed by atoms with Crippen molar-refractivity contribution < 1.29 is 19.4 Å². The molecule has 34 heavy (non-hydrogen) atoms. The standard InChI is InChI=1S/C27H25N3O4/c1-17-14-24(28)23-15-20(9-12-25(23)29-17)30-27(33)22-5-3-2-4-19(22)16-34-21-10-6-18(7-11-21)8-13-26(31)32/h2-7,9-12,14-15H,8,13,16H2,1H3,(H2,28,29)(H,30,33)(H,31,32). The molecule has 1 aromatic heterocycles. The number of nitrogens with zero attached hydrogens (tertiary/aromatic N) is 1. The van der Waals surface area contributed by atoms with Crippen LogP contribution in [-0.4, -0.2) is 22.0 Å². The molecule has 7 heteroatoms. The number of ether oxygens (including phenoxy) is 1. The van der Waals surface area contributed by atoms with Crippen LogP contribution in [0.15, 0.2) is 72.8 Å². The maximum atomic E-state index is 13.0. The number of hydrogen-bond acceptors (Lipinski definition) is 5. The first-order valence-electron chi connectivity index (χ1n) is 10.9. The molecule has 172 valence electrons. The largest absolute Gasteiger partial charge is 0.489 e. The number of anilines is 2. The molecule has 0 unspecified atom stereocenters. The third kappa shape index (κ3) is 5.50. The zero-order valence-electron chi connectivity index (χ0n) is 18.7. The lowest BCUT2D eigenvalue weighted by atomic mass is 10.1. The maximum Gasteiger partial charge on any atom is 0.303 e. The van der Waals surface area contributed by atoms with E-state index in [4.69, 9.17) is 15.6 Å². The van der Waals surface area contributed by atoms with Crippen molar-refractivity contribution in [3.05, 3.63) is 95.2 Å². The number of nitrogen functional groups attached to an aromatic ring is 1. The average Bonchev–Trinajstić information content (AvgIpc) is 2.82. The van der Waals surface area contributed by atoms with Crippen molar-refractivity contribution in [3.8, 4) is 5.75 Å². The Bertz CT molecular complexity index is 1350. The van der Waals surface area contributed by atoms with Gasteiger partial charge in [-0.05, 0) is 61.4 Å². The maximum absolute atomic E-state index is 13.0. The van der Waals surface area contributed by atoms with E-state index in [-0.39, 0.29) is 18.9 Å². The van der Waals surface area contributed by atoms with Gasteiger partial charge in [0, 0.05) is 40.0 Å². The number of aromatic nitrogens is 1. The summed E-state index contributed by atoms with van der Waals surface area (Å²) in [5.41, 5.74) is 11.2. The van der Waals surface area contributed by atoms with Crippen LogP contribution in [0.1, 0.15) is 33.6 Å². The van der Waals surface area contributed by atoms with Crippen LogP contribution >= 0.6 is 0 Å². The van der Waals surface area contributed by atoms with E-state index in [0.717, 1.165) is 27.7 Å². The summed E-state index contributed by atoms with van der Waals surface area (Å²) in [5.74, 6) is -0.433. The van der Waals surface area contributed by atoms with Crippen LogP contribution in [0.25, 0.3) is 10.9 Å². The molecular formula is C27H25N3O4. The highest BCUT2D eigenvalue weighted by atomic mass is 16.5. The number of benzene rings is 3. The normalized spacial score (nSPS) is 10.7. The molecule has 0 aliphatic heterocycles. The van der Waals surface area contributed by atoms with Crippen LogP contribution in [0, 0.1) is 6.92 Å². The van der Waals surface area contributed by atoms with Crippen molar-refractivity contribution >= 4 is 34.2 Å². The van der Waals surface area contributed by atoms with Gasteiger partial charge in [-0.3, -0.25) is 14.6 Å². The molecule has 1 amide bonds. The minimum absolute atomic E-state index is 0.0860. The third-order valence-electron chi connectivity index (χ3n) is 5.43. The highest BCUT2D eigenvalue weighted by Crippen LogP contribution is 2.25. The fourth-order valence-corrected chi connectivity index (χ4v) is 3.70. The summed E-state index contributed by atoms with van der Waals surface area (Å²) in [6.45, 7) is 2.10. The average molecular weight is 456 g/mol. The second kappa shape index (κ2) is 10.0. The molecule has 4 N–H and O–H groups in total. The number of hydrogen-bond donors (Lipinski definition) is 3. The van der Waals surface area contributed by atoms with Gasteiger partial charge in [-0.25, -0.2) is 0 Å². The lowest BCUT2D eigenvalue weighted by Gasteiger charge is -2.13. The number of aliphatic carboxylic acids is 1. The van der Waals surface area contributed by atoms with Gasteiger partial charge in [-0.15, -0.1) is 0 Å². The molecule has 1 heterocycles. The smallest absolute Gasteiger partial charge is 0.303 e. The Morgan fingerprint density at radius 2 is 1.79 bits per heavy atom. The molecule has 4 rings (SSSR count). The lowest BCUT2D eigenvalue weighted by Crippen LogP contribution is -2.15. The fraction of sp³-hybridized carbons (Fsp3) is 0.148. The van der Waals surface area contributed by atoms with E-state index in [2.05, 4.69) is 10.3 Å². The Morgan fingerprint density at radius 1 is 1.03 bits per heavy atom. The summed E-state index contributed by atoms with van der Waals surface area (Å²) in [7, 11) is 0. The van der Waals surface area contributed by atoms with Gasteiger partial charge in [0.05, 0.1) is 5.52 Å². The van der Waals surface area contributed by atoms with E-state index < -0.39 is 5.97 Å². The zero-order valence-corrected chi connectivity index (χ0v) is 18.7. The minimum Gasteiger partial charge on any atom is -0.489 e. The predicted molar refractivity (Wildman–Crippen MR) is 132 cm³/mol. The fourth-order valence-electron chi connectivity index (χ4n) is 3.70. The monoisotopic (exact) mass is 455 g/mol. The second-order valence-corrected chi connectivity index (χ2v) is 8.02. The van der Waals surface area contributed by atoms with E-state index in [1.807, 2.05) is 43.3 Å². The van der Waals surface area contributed by atoms with Crippen LogP contribution in [0.5, 0.6) is 5.75 Å². The predicted octanol–water partition coefficient (Wildman–Crippen LogP) is 4.97.